The smallest absolute Gasteiger partial charge is 0.406 e. The first kappa shape index (κ1) is 18.3. The molecule has 0 radical (unpaired) electrons. The number of nitrogens with two attached hydrogens (primary N) is 1. The minimum absolute atomic E-state index is 0. The molecule has 2 aromatic rings. The molecule has 0 unspecified atom stereocenters. The van der Waals surface area contributed by atoms with Gasteiger partial charge in [-0.1, -0.05) is 35.9 Å². The number of benzene rings is 2. The van der Waals surface area contributed by atoms with E-state index in [-0.39, 0.29) is 24.2 Å². The van der Waals surface area contributed by atoms with Crippen LogP contribution in [0, 0.1) is 13.8 Å². The number of hydrogen-bond acceptors (Lipinski definition) is 2. The van der Waals surface area contributed by atoms with E-state index in [9.17, 15) is 13.2 Å². The Labute approximate surface area is 133 Å². The number of aryl methyl sites for hydroxylation is 2. The van der Waals surface area contributed by atoms with Gasteiger partial charge < -0.3 is 10.5 Å². The summed E-state index contributed by atoms with van der Waals surface area (Å²) >= 11 is 0. The molecule has 2 aromatic carbocycles. The summed E-state index contributed by atoms with van der Waals surface area (Å²) < 4.78 is 40.2. The van der Waals surface area contributed by atoms with E-state index in [1.165, 1.54) is 12.1 Å². The van der Waals surface area contributed by atoms with Crippen molar-refractivity contribution in [3.8, 4) is 5.75 Å². The highest BCUT2D eigenvalue weighted by molar-refractivity contribution is 5.85. The van der Waals surface area contributed by atoms with Gasteiger partial charge in [-0.05, 0) is 42.7 Å². The summed E-state index contributed by atoms with van der Waals surface area (Å²) in [4.78, 5) is 0. The molecule has 0 aromatic heterocycles. The number of ether oxygens (including phenoxy) is 1. The van der Waals surface area contributed by atoms with Gasteiger partial charge in [0.25, 0.3) is 0 Å². The van der Waals surface area contributed by atoms with Crippen molar-refractivity contribution in [2.45, 2.75) is 26.3 Å². The molecule has 0 saturated heterocycles. The molecule has 2 rings (SSSR count). The van der Waals surface area contributed by atoms with E-state index < -0.39 is 6.36 Å². The molecule has 0 heterocycles. The number of rotatable bonds is 3. The molecule has 2 nitrogen and oxygen atoms in total. The van der Waals surface area contributed by atoms with Gasteiger partial charge in [-0.25, -0.2) is 0 Å². The highest BCUT2D eigenvalue weighted by Gasteiger charge is 2.31. The lowest BCUT2D eigenvalue weighted by Gasteiger charge is -2.16. The maximum atomic E-state index is 12.1. The zero-order valence-electron chi connectivity index (χ0n) is 12.1. The van der Waals surface area contributed by atoms with E-state index in [0.29, 0.717) is 0 Å². The minimum Gasteiger partial charge on any atom is -0.406 e. The van der Waals surface area contributed by atoms with Crippen molar-refractivity contribution in [2.75, 3.05) is 0 Å². The Morgan fingerprint density at radius 2 is 1.59 bits per heavy atom. The summed E-state index contributed by atoms with van der Waals surface area (Å²) in [5.41, 5.74) is 10.1. The van der Waals surface area contributed by atoms with Crippen molar-refractivity contribution in [1.29, 1.82) is 0 Å². The second-order valence-corrected chi connectivity index (χ2v) is 4.95. The van der Waals surface area contributed by atoms with Gasteiger partial charge in [-0.2, -0.15) is 0 Å². The van der Waals surface area contributed by atoms with E-state index in [1.807, 2.05) is 32.0 Å². The monoisotopic (exact) mass is 331 g/mol. The van der Waals surface area contributed by atoms with E-state index >= 15 is 0 Å². The largest absolute Gasteiger partial charge is 0.573 e. The van der Waals surface area contributed by atoms with Crippen molar-refractivity contribution < 1.29 is 17.9 Å². The second-order valence-electron chi connectivity index (χ2n) is 4.95. The summed E-state index contributed by atoms with van der Waals surface area (Å²) in [7, 11) is 0. The highest BCUT2D eigenvalue weighted by atomic mass is 35.5. The number of alkyl halides is 3. The predicted molar refractivity (Wildman–Crippen MR) is 82.3 cm³/mol. The van der Waals surface area contributed by atoms with Crippen LogP contribution >= 0.6 is 12.4 Å². The first-order valence-corrected chi connectivity index (χ1v) is 6.45. The molecule has 0 spiro atoms. The van der Waals surface area contributed by atoms with Crippen LogP contribution in [0.15, 0.2) is 42.5 Å². The molecule has 1 atom stereocenters. The first-order valence-electron chi connectivity index (χ1n) is 6.45. The molecule has 0 bridgehead atoms. The molecule has 22 heavy (non-hydrogen) atoms. The van der Waals surface area contributed by atoms with Crippen molar-refractivity contribution in [1.82, 2.24) is 0 Å². The lowest BCUT2D eigenvalue weighted by atomic mass is 9.94. The Morgan fingerprint density at radius 1 is 1.00 bits per heavy atom. The maximum Gasteiger partial charge on any atom is 0.573 e. The van der Waals surface area contributed by atoms with Gasteiger partial charge in [0.1, 0.15) is 5.75 Å². The molecule has 0 amide bonds. The standard InChI is InChI=1S/C16H16F3NO.ClH/c1-10-3-8-14(11(2)9-10)15(20)12-4-6-13(7-5-12)21-16(17,18)19;/h3-9,15H,20H2,1-2H3;1H/t15-;/m1./s1. The average Bonchev–Trinajstić information content (AvgIpc) is 2.37. The molecule has 0 aliphatic rings. The van der Waals surface area contributed by atoms with Crippen LogP contribution in [-0.2, 0) is 0 Å². The van der Waals surface area contributed by atoms with Crippen LogP contribution in [0.1, 0.15) is 28.3 Å². The fraction of sp³-hybridized carbons (Fsp3) is 0.250. The van der Waals surface area contributed by atoms with Gasteiger partial charge in [-0.15, -0.1) is 25.6 Å². The van der Waals surface area contributed by atoms with Crippen molar-refractivity contribution in [2.24, 2.45) is 5.73 Å². The molecule has 0 fully saturated rings. The topological polar surface area (TPSA) is 35.2 Å². The van der Waals surface area contributed by atoms with Crippen molar-refractivity contribution >= 4 is 12.4 Å². The van der Waals surface area contributed by atoms with Crippen LogP contribution in [0.25, 0.3) is 0 Å². The van der Waals surface area contributed by atoms with Crippen LogP contribution in [0.3, 0.4) is 0 Å². The summed E-state index contributed by atoms with van der Waals surface area (Å²) in [6.45, 7) is 3.95. The molecular formula is C16H17ClF3NO. The predicted octanol–water partition coefficient (Wildman–Crippen LogP) is 4.67. The lowest BCUT2D eigenvalue weighted by molar-refractivity contribution is -0.274. The highest BCUT2D eigenvalue weighted by Crippen LogP contribution is 2.27. The van der Waals surface area contributed by atoms with Crippen molar-refractivity contribution in [3.05, 3.63) is 64.7 Å². The van der Waals surface area contributed by atoms with Crippen molar-refractivity contribution in [3.63, 3.8) is 0 Å². The second kappa shape index (κ2) is 7.03. The van der Waals surface area contributed by atoms with Crippen LogP contribution in [-0.4, -0.2) is 6.36 Å². The Bertz CT molecular complexity index is 626. The van der Waals surface area contributed by atoms with Crippen LogP contribution in [0.4, 0.5) is 13.2 Å². The van der Waals surface area contributed by atoms with E-state index in [2.05, 4.69) is 4.74 Å². The quantitative estimate of drug-likeness (QED) is 0.887. The summed E-state index contributed by atoms with van der Waals surface area (Å²) in [6.07, 6.45) is -4.68. The number of hydrogen-bond donors (Lipinski definition) is 1. The van der Waals surface area contributed by atoms with Crippen LogP contribution < -0.4 is 10.5 Å². The van der Waals surface area contributed by atoms with Gasteiger partial charge in [0.05, 0.1) is 6.04 Å². The molecule has 0 aliphatic heterocycles. The Morgan fingerprint density at radius 3 is 2.09 bits per heavy atom. The number of halogens is 4. The Hall–Kier alpha value is -1.72. The first-order chi connectivity index (χ1) is 9.76. The van der Waals surface area contributed by atoms with Gasteiger partial charge in [-0.3, -0.25) is 0 Å². The van der Waals surface area contributed by atoms with E-state index in [0.717, 1.165) is 22.3 Å². The summed E-state index contributed by atoms with van der Waals surface area (Å²) in [5.74, 6) is -0.251. The third-order valence-electron chi connectivity index (χ3n) is 3.23. The minimum atomic E-state index is -4.68. The Kier molecular flexibility index (Phi) is 5.85. The maximum absolute atomic E-state index is 12.1. The van der Waals surface area contributed by atoms with Crippen LogP contribution in [0.5, 0.6) is 5.75 Å². The molecule has 0 aliphatic carbocycles. The lowest BCUT2D eigenvalue weighted by Crippen LogP contribution is -2.17. The zero-order valence-corrected chi connectivity index (χ0v) is 13.0. The third-order valence-corrected chi connectivity index (χ3v) is 3.23. The Balaban J connectivity index is 0.00000242. The van der Waals surface area contributed by atoms with E-state index in [4.69, 9.17) is 5.73 Å². The van der Waals surface area contributed by atoms with Gasteiger partial charge in [0.15, 0.2) is 0 Å². The fourth-order valence-electron chi connectivity index (χ4n) is 2.23. The molecule has 6 heteroatoms. The third kappa shape index (κ3) is 4.64. The molecular weight excluding hydrogens is 315 g/mol. The van der Waals surface area contributed by atoms with Gasteiger partial charge in [0.2, 0.25) is 0 Å². The van der Waals surface area contributed by atoms with Crippen LogP contribution in [0.2, 0.25) is 0 Å². The summed E-state index contributed by atoms with van der Waals surface area (Å²) in [5, 5.41) is 0. The molecule has 2 N–H and O–H groups in total. The molecule has 120 valence electrons. The molecule has 0 saturated carbocycles. The van der Waals surface area contributed by atoms with E-state index in [1.54, 1.807) is 12.1 Å². The summed E-state index contributed by atoms with van der Waals surface area (Å²) in [6, 6.07) is 11.2. The SMILES string of the molecule is Cc1ccc([C@H](N)c2ccc(OC(F)(F)F)cc2)c(C)c1.Cl. The normalized spacial score (nSPS) is 12.5. The van der Waals surface area contributed by atoms with Gasteiger partial charge >= 0.3 is 6.36 Å². The van der Waals surface area contributed by atoms with Gasteiger partial charge in [0, 0.05) is 0 Å². The zero-order chi connectivity index (χ0) is 15.6. The average molecular weight is 332 g/mol. The fourth-order valence-corrected chi connectivity index (χ4v) is 2.23.